The highest BCUT2D eigenvalue weighted by Crippen LogP contribution is 2.12. The smallest absolute Gasteiger partial charge is 0.216 e. The molecule has 0 amide bonds. The molecular formula is C16H13ClN4OS. The molecule has 7 heteroatoms. The number of benzene rings is 2. The van der Waals surface area contributed by atoms with E-state index in [1.54, 1.807) is 6.21 Å². The van der Waals surface area contributed by atoms with E-state index in [1.165, 1.54) is 4.68 Å². The molecule has 0 bridgehead atoms. The molecule has 2 aromatic carbocycles. The zero-order chi connectivity index (χ0) is 16.1. The number of aromatic amines is 1. The fourth-order valence-electron chi connectivity index (χ4n) is 1.91. The van der Waals surface area contributed by atoms with Crippen LogP contribution in [0.5, 0.6) is 5.75 Å². The molecule has 0 spiro atoms. The monoisotopic (exact) mass is 344 g/mol. The number of hydrogen-bond acceptors (Lipinski definition) is 4. The summed E-state index contributed by atoms with van der Waals surface area (Å²) in [4.78, 5) is 0. The Balaban J connectivity index is 1.77. The number of aromatic nitrogens is 3. The Morgan fingerprint density at radius 1 is 1.22 bits per heavy atom. The number of halogens is 1. The van der Waals surface area contributed by atoms with Crippen molar-refractivity contribution in [1.82, 2.24) is 14.9 Å². The first-order valence-electron chi connectivity index (χ1n) is 6.86. The van der Waals surface area contributed by atoms with E-state index >= 15 is 0 Å². The highest BCUT2D eigenvalue weighted by atomic mass is 35.5. The van der Waals surface area contributed by atoms with E-state index in [0.29, 0.717) is 15.6 Å². The Bertz CT molecular complexity index is 873. The number of hydrogen-bond donors (Lipinski definition) is 1. The van der Waals surface area contributed by atoms with Crippen molar-refractivity contribution in [2.75, 3.05) is 0 Å². The van der Waals surface area contributed by atoms with Crippen LogP contribution in [0.1, 0.15) is 11.4 Å². The third-order valence-electron chi connectivity index (χ3n) is 3.00. The van der Waals surface area contributed by atoms with Crippen molar-refractivity contribution >= 4 is 30.0 Å². The predicted octanol–water partition coefficient (Wildman–Crippen LogP) is 4.06. The molecule has 1 heterocycles. The molecule has 0 aliphatic rings. The van der Waals surface area contributed by atoms with E-state index in [4.69, 9.17) is 28.6 Å². The van der Waals surface area contributed by atoms with Crippen molar-refractivity contribution in [3.8, 4) is 5.75 Å². The third kappa shape index (κ3) is 4.06. The van der Waals surface area contributed by atoms with Crippen LogP contribution in [0.15, 0.2) is 59.7 Å². The molecule has 0 aliphatic heterocycles. The molecule has 0 atom stereocenters. The van der Waals surface area contributed by atoms with Crippen molar-refractivity contribution in [2.45, 2.75) is 6.61 Å². The standard InChI is InChI=1S/C16H13ClN4OS/c17-13-6-4-5-12(9-13)10-18-21-15(19-20-16(21)23)11-22-14-7-2-1-3-8-14/h1-10H,11H2,(H,20,23). The number of rotatable bonds is 5. The van der Waals surface area contributed by atoms with Crippen molar-refractivity contribution in [2.24, 2.45) is 5.10 Å². The van der Waals surface area contributed by atoms with Crippen LogP contribution in [-0.4, -0.2) is 21.1 Å². The Morgan fingerprint density at radius 2 is 2.04 bits per heavy atom. The van der Waals surface area contributed by atoms with Crippen LogP contribution >= 0.6 is 23.8 Å². The molecule has 0 aliphatic carbocycles. The molecule has 0 fully saturated rings. The van der Waals surface area contributed by atoms with Crippen molar-refractivity contribution < 1.29 is 4.74 Å². The van der Waals surface area contributed by atoms with Crippen LogP contribution in [0.3, 0.4) is 0 Å². The minimum absolute atomic E-state index is 0.254. The molecule has 23 heavy (non-hydrogen) atoms. The van der Waals surface area contributed by atoms with Gasteiger partial charge < -0.3 is 4.74 Å². The normalized spacial score (nSPS) is 11.0. The minimum Gasteiger partial charge on any atom is -0.486 e. The average molecular weight is 345 g/mol. The molecule has 1 N–H and O–H groups in total. The highest BCUT2D eigenvalue weighted by Gasteiger charge is 2.06. The van der Waals surface area contributed by atoms with Gasteiger partial charge >= 0.3 is 0 Å². The molecule has 1 aromatic heterocycles. The highest BCUT2D eigenvalue weighted by molar-refractivity contribution is 7.71. The van der Waals surface area contributed by atoms with Gasteiger partial charge in [0.15, 0.2) is 5.82 Å². The second kappa shape index (κ2) is 7.21. The average Bonchev–Trinajstić information content (AvgIpc) is 2.92. The van der Waals surface area contributed by atoms with E-state index in [0.717, 1.165) is 11.3 Å². The van der Waals surface area contributed by atoms with Gasteiger partial charge in [-0.25, -0.2) is 5.10 Å². The van der Waals surface area contributed by atoms with E-state index in [-0.39, 0.29) is 6.61 Å². The van der Waals surface area contributed by atoms with Crippen LogP contribution < -0.4 is 4.74 Å². The van der Waals surface area contributed by atoms with Gasteiger partial charge in [0.1, 0.15) is 12.4 Å². The lowest BCUT2D eigenvalue weighted by Gasteiger charge is -2.04. The molecule has 3 aromatic rings. The summed E-state index contributed by atoms with van der Waals surface area (Å²) in [5.41, 5.74) is 0.871. The van der Waals surface area contributed by atoms with Crippen molar-refractivity contribution in [1.29, 1.82) is 0 Å². The van der Waals surface area contributed by atoms with Gasteiger partial charge in [0.05, 0.1) is 6.21 Å². The lowest BCUT2D eigenvalue weighted by molar-refractivity contribution is 0.290. The maximum atomic E-state index is 5.96. The molecule has 0 radical (unpaired) electrons. The van der Waals surface area contributed by atoms with E-state index < -0.39 is 0 Å². The minimum atomic E-state index is 0.254. The first-order chi connectivity index (χ1) is 11.2. The van der Waals surface area contributed by atoms with Gasteiger partial charge in [0.25, 0.3) is 0 Å². The van der Waals surface area contributed by atoms with Crippen LogP contribution in [0.2, 0.25) is 5.02 Å². The fourth-order valence-corrected chi connectivity index (χ4v) is 2.31. The van der Waals surface area contributed by atoms with Crippen LogP contribution in [0.25, 0.3) is 0 Å². The number of nitrogens with one attached hydrogen (secondary N) is 1. The van der Waals surface area contributed by atoms with Gasteiger partial charge in [-0.15, -0.1) is 0 Å². The number of para-hydroxylation sites is 1. The van der Waals surface area contributed by atoms with E-state index in [2.05, 4.69) is 15.3 Å². The first kappa shape index (κ1) is 15.5. The second-order valence-electron chi connectivity index (χ2n) is 4.66. The lowest BCUT2D eigenvalue weighted by Crippen LogP contribution is -2.04. The summed E-state index contributed by atoms with van der Waals surface area (Å²) in [6.07, 6.45) is 1.67. The zero-order valence-corrected chi connectivity index (χ0v) is 13.6. The first-order valence-corrected chi connectivity index (χ1v) is 7.65. The third-order valence-corrected chi connectivity index (χ3v) is 3.50. The summed E-state index contributed by atoms with van der Waals surface area (Å²) in [5, 5.41) is 11.9. The Labute approximate surface area is 143 Å². The van der Waals surface area contributed by atoms with Crippen LogP contribution in [0.4, 0.5) is 0 Å². The van der Waals surface area contributed by atoms with Gasteiger partial charge in [0, 0.05) is 5.02 Å². The molecule has 0 saturated carbocycles. The Hall–Kier alpha value is -2.44. The van der Waals surface area contributed by atoms with Gasteiger partial charge in [-0.05, 0) is 42.0 Å². The van der Waals surface area contributed by atoms with Gasteiger partial charge in [-0.1, -0.05) is 41.9 Å². The quantitative estimate of drug-likeness (QED) is 0.561. The zero-order valence-electron chi connectivity index (χ0n) is 12.0. The van der Waals surface area contributed by atoms with Gasteiger partial charge in [0.2, 0.25) is 4.77 Å². The summed E-state index contributed by atoms with van der Waals surface area (Å²) in [6.45, 7) is 0.254. The second-order valence-corrected chi connectivity index (χ2v) is 5.48. The van der Waals surface area contributed by atoms with Crippen LogP contribution in [-0.2, 0) is 6.61 Å². The summed E-state index contributed by atoms with van der Waals surface area (Å²) >= 11 is 11.2. The van der Waals surface area contributed by atoms with Crippen molar-refractivity contribution in [3.05, 3.63) is 75.8 Å². The maximum absolute atomic E-state index is 5.96. The lowest BCUT2D eigenvalue weighted by atomic mass is 10.2. The van der Waals surface area contributed by atoms with Gasteiger partial charge in [-0.3, -0.25) is 0 Å². The number of ether oxygens (including phenoxy) is 1. The fraction of sp³-hybridized carbons (Fsp3) is 0.0625. The molecule has 3 rings (SSSR count). The molecule has 0 unspecified atom stereocenters. The summed E-state index contributed by atoms with van der Waals surface area (Å²) in [6, 6.07) is 16.9. The Morgan fingerprint density at radius 3 is 2.83 bits per heavy atom. The van der Waals surface area contributed by atoms with Crippen LogP contribution in [0, 0.1) is 4.77 Å². The molecule has 0 saturated heterocycles. The van der Waals surface area contributed by atoms with Gasteiger partial charge in [-0.2, -0.15) is 14.9 Å². The van der Waals surface area contributed by atoms with E-state index in [1.807, 2.05) is 54.6 Å². The van der Waals surface area contributed by atoms with Crippen molar-refractivity contribution in [3.63, 3.8) is 0 Å². The molecule has 116 valence electrons. The number of nitrogens with zero attached hydrogens (tertiary/aromatic N) is 3. The van der Waals surface area contributed by atoms with E-state index in [9.17, 15) is 0 Å². The largest absolute Gasteiger partial charge is 0.486 e. The number of H-pyrrole nitrogens is 1. The summed E-state index contributed by atoms with van der Waals surface area (Å²) in [7, 11) is 0. The predicted molar refractivity (Wildman–Crippen MR) is 92.6 cm³/mol. The topological polar surface area (TPSA) is 55.2 Å². The summed E-state index contributed by atoms with van der Waals surface area (Å²) < 4.78 is 7.60. The Kier molecular flexibility index (Phi) is 4.85. The maximum Gasteiger partial charge on any atom is 0.216 e. The summed E-state index contributed by atoms with van der Waals surface area (Å²) in [5.74, 6) is 1.34. The molecule has 5 nitrogen and oxygen atoms in total. The SMILES string of the molecule is S=c1[nH]nc(COc2ccccc2)n1N=Cc1cccc(Cl)c1. The molecular weight excluding hydrogens is 332 g/mol.